The zero-order chi connectivity index (χ0) is 28.4. The maximum absolute atomic E-state index is 13.8. The Morgan fingerprint density at radius 3 is 2.36 bits per heavy atom. The number of ether oxygens (including phenoxy) is 4. The molecule has 2 aliphatic heterocycles. The van der Waals surface area contributed by atoms with Gasteiger partial charge in [-0.25, -0.2) is 0 Å². The molecule has 9 atom stereocenters. The van der Waals surface area contributed by atoms with Gasteiger partial charge in [0.25, 0.3) is 0 Å². The van der Waals surface area contributed by atoms with Crippen molar-refractivity contribution in [3.8, 4) is 0 Å². The van der Waals surface area contributed by atoms with Crippen LogP contribution in [0.25, 0.3) is 0 Å². The molecule has 0 aromatic rings. The van der Waals surface area contributed by atoms with Gasteiger partial charge in [-0.2, -0.15) is 0 Å². The maximum Gasteiger partial charge on any atom is 0.164 e. The smallest absolute Gasteiger partial charge is 0.164 e. The van der Waals surface area contributed by atoms with E-state index >= 15 is 0 Å². The standard InChI is InChI=1S/C33H50O6/c1-28(2,35)14-13-27-33(9,39-30(5,6)38-27)26-11-10-20-19-16-23(34)22-17-24-25(37-29(3,4)36-24)18-32(22,8)21(19)12-15-31(20,26)7/h10,16,21-22,24-27,35H,11-15,17-18H2,1-9H3/t21-,22-,24+,25-,26+,27-,31-,32+,33+/m0/s1. The van der Waals surface area contributed by atoms with Crippen molar-refractivity contribution in [2.45, 2.75) is 148 Å². The van der Waals surface area contributed by atoms with E-state index in [1.807, 2.05) is 47.6 Å². The number of aliphatic hydroxyl groups is 1. The molecule has 2 heterocycles. The Hall–Kier alpha value is -1.05. The average molecular weight is 543 g/mol. The quantitative estimate of drug-likeness (QED) is 0.452. The molecule has 0 aromatic heterocycles. The summed E-state index contributed by atoms with van der Waals surface area (Å²) in [5.41, 5.74) is 1.17. The van der Waals surface area contributed by atoms with Crippen LogP contribution in [0.2, 0.25) is 0 Å². The summed E-state index contributed by atoms with van der Waals surface area (Å²) in [6, 6.07) is 0. The molecule has 0 spiro atoms. The fourth-order valence-electron chi connectivity index (χ4n) is 9.83. The second-order valence-corrected chi connectivity index (χ2v) is 15.8. The molecule has 39 heavy (non-hydrogen) atoms. The first-order valence-electron chi connectivity index (χ1n) is 15.3. The lowest BCUT2D eigenvalue weighted by atomic mass is 9.48. The number of hydrogen-bond acceptors (Lipinski definition) is 6. The Morgan fingerprint density at radius 1 is 0.974 bits per heavy atom. The van der Waals surface area contributed by atoms with Gasteiger partial charge in [0.15, 0.2) is 17.4 Å². The van der Waals surface area contributed by atoms with Gasteiger partial charge in [-0.3, -0.25) is 4.79 Å². The summed E-state index contributed by atoms with van der Waals surface area (Å²) in [5, 5.41) is 10.5. The maximum atomic E-state index is 13.8. The Balaban J connectivity index is 1.30. The predicted molar refractivity (Wildman–Crippen MR) is 149 cm³/mol. The number of ketones is 1. The van der Waals surface area contributed by atoms with Gasteiger partial charge >= 0.3 is 0 Å². The molecule has 6 heteroatoms. The Labute approximate surface area is 234 Å². The summed E-state index contributed by atoms with van der Waals surface area (Å²) in [7, 11) is 0. The third-order valence-electron chi connectivity index (χ3n) is 11.4. The van der Waals surface area contributed by atoms with Crippen molar-refractivity contribution < 1.29 is 28.8 Å². The molecule has 4 aliphatic carbocycles. The zero-order valence-corrected chi connectivity index (χ0v) is 25.6. The normalized spacial score (nSPS) is 48.1. The summed E-state index contributed by atoms with van der Waals surface area (Å²) in [5.74, 6) is -0.421. The van der Waals surface area contributed by atoms with Crippen LogP contribution in [0.5, 0.6) is 0 Å². The van der Waals surface area contributed by atoms with Crippen molar-refractivity contribution >= 4 is 5.78 Å². The molecule has 0 radical (unpaired) electrons. The highest BCUT2D eigenvalue weighted by atomic mass is 16.8. The van der Waals surface area contributed by atoms with Crippen LogP contribution in [0, 0.1) is 28.6 Å². The second-order valence-electron chi connectivity index (χ2n) is 15.8. The topological polar surface area (TPSA) is 74.2 Å². The minimum Gasteiger partial charge on any atom is -0.390 e. The molecular weight excluding hydrogens is 492 g/mol. The van der Waals surface area contributed by atoms with E-state index in [1.165, 1.54) is 11.1 Å². The average Bonchev–Trinajstić information content (AvgIpc) is 3.37. The second kappa shape index (κ2) is 8.50. The SMILES string of the molecule is CC(C)(O)CC[C@@H]1OC(C)(C)O[C@]1(C)[C@@H]1CC=C2C3=CC(=O)[C@@H]4C[C@H]5OC(C)(C)O[C@H]5C[C@]4(C)[C@H]3CC[C@@]21C. The van der Waals surface area contributed by atoms with E-state index in [9.17, 15) is 9.90 Å². The van der Waals surface area contributed by atoms with E-state index in [4.69, 9.17) is 18.9 Å². The summed E-state index contributed by atoms with van der Waals surface area (Å²) in [6.45, 7) is 18.7. The van der Waals surface area contributed by atoms with Gasteiger partial charge in [-0.1, -0.05) is 19.9 Å². The molecule has 6 nitrogen and oxygen atoms in total. The fraction of sp³-hybridized carbons (Fsp3) is 0.848. The molecule has 0 aromatic carbocycles. The summed E-state index contributed by atoms with van der Waals surface area (Å²) < 4.78 is 25.9. The van der Waals surface area contributed by atoms with Gasteiger partial charge in [0, 0.05) is 11.8 Å². The van der Waals surface area contributed by atoms with E-state index in [0.29, 0.717) is 12.3 Å². The molecule has 0 amide bonds. The van der Waals surface area contributed by atoms with Crippen LogP contribution in [0.3, 0.4) is 0 Å². The monoisotopic (exact) mass is 542 g/mol. The first-order valence-corrected chi connectivity index (χ1v) is 15.3. The fourth-order valence-corrected chi connectivity index (χ4v) is 9.83. The van der Waals surface area contributed by atoms with Gasteiger partial charge in [-0.05, 0) is 127 Å². The van der Waals surface area contributed by atoms with Crippen molar-refractivity contribution in [1.82, 2.24) is 0 Å². The number of carbonyl (C=O) groups excluding carboxylic acids is 1. The number of hydrogen-bond donors (Lipinski definition) is 1. The van der Waals surface area contributed by atoms with Crippen molar-refractivity contribution in [2.24, 2.45) is 28.6 Å². The molecular formula is C33H50O6. The van der Waals surface area contributed by atoms with E-state index in [0.717, 1.165) is 38.5 Å². The molecule has 0 bridgehead atoms. The highest BCUT2D eigenvalue weighted by Gasteiger charge is 2.65. The van der Waals surface area contributed by atoms with Crippen molar-refractivity contribution in [1.29, 1.82) is 0 Å². The van der Waals surface area contributed by atoms with Crippen molar-refractivity contribution in [3.05, 3.63) is 23.3 Å². The molecule has 6 rings (SSSR count). The number of rotatable bonds is 4. The van der Waals surface area contributed by atoms with Gasteiger partial charge in [0.2, 0.25) is 0 Å². The van der Waals surface area contributed by atoms with Crippen LogP contribution in [-0.4, -0.2) is 52.0 Å². The lowest BCUT2D eigenvalue weighted by Gasteiger charge is -2.57. The highest BCUT2D eigenvalue weighted by molar-refractivity contribution is 5.95. The van der Waals surface area contributed by atoms with E-state index in [-0.39, 0.29) is 46.8 Å². The summed E-state index contributed by atoms with van der Waals surface area (Å²) >= 11 is 0. The minimum absolute atomic E-state index is 0.00422. The number of allylic oxidation sites excluding steroid dienone is 4. The molecule has 0 unspecified atom stereocenters. The van der Waals surface area contributed by atoms with Gasteiger partial charge in [-0.15, -0.1) is 0 Å². The molecule has 6 aliphatic rings. The van der Waals surface area contributed by atoms with Crippen LogP contribution in [-0.2, 0) is 23.7 Å². The van der Waals surface area contributed by atoms with Gasteiger partial charge < -0.3 is 24.1 Å². The van der Waals surface area contributed by atoms with Gasteiger partial charge in [0.1, 0.15) is 0 Å². The molecule has 2 saturated heterocycles. The van der Waals surface area contributed by atoms with E-state index in [2.05, 4.69) is 26.8 Å². The lowest BCUT2D eigenvalue weighted by Crippen LogP contribution is -2.56. The molecule has 4 fully saturated rings. The van der Waals surface area contributed by atoms with E-state index < -0.39 is 22.8 Å². The van der Waals surface area contributed by atoms with Crippen LogP contribution in [0.15, 0.2) is 23.3 Å². The van der Waals surface area contributed by atoms with Crippen LogP contribution < -0.4 is 0 Å². The van der Waals surface area contributed by atoms with Crippen LogP contribution >= 0.6 is 0 Å². The first-order chi connectivity index (χ1) is 17.9. The Bertz CT molecular complexity index is 1110. The molecule has 218 valence electrons. The summed E-state index contributed by atoms with van der Waals surface area (Å²) in [6.07, 6.45) is 10.4. The zero-order valence-electron chi connectivity index (χ0n) is 25.6. The largest absolute Gasteiger partial charge is 0.390 e. The van der Waals surface area contributed by atoms with E-state index in [1.54, 1.807) is 0 Å². The molecule has 2 saturated carbocycles. The van der Waals surface area contributed by atoms with Crippen LogP contribution in [0.1, 0.15) is 107 Å². The summed E-state index contributed by atoms with van der Waals surface area (Å²) in [4.78, 5) is 13.8. The molecule has 1 N–H and O–H groups in total. The Morgan fingerprint density at radius 2 is 1.67 bits per heavy atom. The van der Waals surface area contributed by atoms with Crippen LogP contribution in [0.4, 0.5) is 0 Å². The van der Waals surface area contributed by atoms with Crippen molar-refractivity contribution in [2.75, 3.05) is 0 Å². The third-order valence-corrected chi connectivity index (χ3v) is 11.4. The number of fused-ring (bicyclic) bond motifs is 6. The Kier molecular flexibility index (Phi) is 6.12. The third kappa shape index (κ3) is 4.34. The first kappa shape index (κ1) is 28.1. The van der Waals surface area contributed by atoms with Crippen molar-refractivity contribution in [3.63, 3.8) is 0 Å². The predicted octanol–water partition coefficient (Wildman–Crippen LogP) is 6.26. The highest BCUT2D eigenvalue weighted by Crippen LogP contribution is 2.67. The number of carbonyl (C=O) groups is 1. The lowest BCUT2D eigenvalue weighted by molar-refractivity contribution is -0.177. The van der Waals surface area contributed by atoms with Gasteiger partial charge in [0.05, 0.1) is 29.5 Å². The minimum atomic E-state index is -0.750.